The minimum atomic E-state index is -1.27. The van der Waals surface area contributed by atoms with Crippen LogP contribution >= 0.6 is 0 Å². The van der Waals surface area contributed by atoms with E-state index in [-0.39, 0.29) is 57.3 Å². The summed E-state index contributed by atoms with van der Waals surface area (Å²) in [4.78, 5) is 27.3. The zero-order chi connectivity index (χ0) is 13.9. The molecule has 1 N–H and O–H groups in total. The topological polar surface area (TPSA) is 82.1 Å². The molecule has 0 unspecified atom stereocenters. The van der Waals surface area contributed by atoms with Gasteiger partial charge in [0.1, 0.15) is 0 Å². The molecule has 0 bridgehead atoms. The third-order valence-corrected chi connectivity index (χ3v) is 3.81. The summed E-state index contributed by atoms with van der Waals surface area (Å²) >= 11 is 0. The van der Waals surface area contributed by atoms with E-state index < -0.39 is 17.4 Å². The number of rotatable bonds is 4. The smallest absolute Gasteiger partial charge is 0.548 e. The Kier molecular flexibility index (Phi) is 6.80. The van der Waals surface area contributed by atoms with Crippen molar-refractivity contribution in [2.45, 2.75) is 44.1 Å². The third-order valence-electron chi connectivity index (χ3n) is 3.81. The number of aliphatic carboxylic acids is 1. The van der Waals surface area contributed by atoms with E-state index in [1.54, 1.807) is 18.5 Å². The molecule has 20 heavy (non-hydrogen) atoms. The second-order valence-electron chi connectivity index (χ2n) is 5.05. The number of carbonyl (C=O) groups is 2. The van der Waals surface area contributed by atoms with Crippen LogP contribution in [0.15, 0.2) is 24.5 Å². The zero-order valence-electron chi connectivity index (χ0n) is 11.9. The van der Waals surface area contributed by atoms with Crippen LogP contribution in [0.5, 0.6) is 0 Å². The van der Waals surface area contributed by atoms with Gasteiger partial charge < -0.3 is 15.2 Å². The second-order valence-corrected chi connectivity index (χ2v) is 5.05. The Balaban J connectivity index is 0.00000200. The molecule has 6 heteroatoms. The second kappa shape index (κ2) is 7.65. The standard InChI is InChI=1S/C14H18N2O3.K/c1-10(12(17)18)16-13(19)14(6-2-3-7-14)11-5-4-8-15-9-11;/h4-5,8-10H,2-3,6-7H2,1H3,(H,16,19)(H,17,18);/q;+1/p-1/t10-;/m1./s1. The molecule has 1 aromatic rings. The Bertz CT molecular complexity index is 473. The first-order valence-corrected chi connectivity index (χ1v) is 6.48. The number of nitrogens with one attached hydrogen (secondary N) is 1. The summed E-state index contributed by atoms with van der Waals surface area (Å²) in [5.41, 5.74) is 0.216. The van der Waals surface area contributed by atoms with E-state index in [9.17, 15) is 14.7 Å². The summed E-state index contributed by atoms with van der Waals surface area (Å²) < 4.78 is 0. The summed E-state index contributed by atoms with van der Waals surface area (Å²) in [7, 11) is 0. The van der Waals surface area contributed by atoms with Crippen LogP contribution in [0.1, 0.15) is 38.2 Å². The van der Waals surface area contributed by atoms with Crippen LogP contribution in [0.25, 0.3) is 0 Å². The molecule has 1 aromatic heterocycles. The first kappa shape index (κ1) is 17.8. The van der Waals surface area contributed by atoms with E-state index in [0.717, 1.165) is 31.2 Å². The molecule has 2 rings (SSSR count). The Labute approximate surface area is 161 Å². The summed E-state index contributed by atoms with van der Waals surface area (Å²) in [5, 5.41) is 13.3. The van der Waals surface area contributed by atoms with Crippen molar-refractivity contribution in [2.75, 3.05) is 0 Å². The third kappa shape index (κ3) is 3.68. The van der Waals surface area contributed by atoms with Crippen molar-refractivity contribution < 1.29 is 66.1 Å². The van der Waals surface area contributed by atoms with Crippen molar-refractivity contribution in [1.82, 2.24) is 10.3 Å². The average Bonchev–Trinajstić information content (AvgIpc) is 2.90. The van der Waals surface area contributed by atoms with Gasteiger partial charge >= 0.3 is 51.4 Å². The molecule has 0 aromatic carbocycles. The van der Waals surface area contributed by atoms with Gasteiger partial charge in [-0.15, -0.1) is 0 Å². The van der Waals surface area contributed by atoms with E-state index in [0.29, 0.717) is 0 Å². The van der Waals surface area contributed by atoms with E-state index in [1.165, 1.54) is 6.92 Å². The number of aromatic nitrogens is 1. The molecule has 0 radical (unpaired) electrons. The maximum absolute atomic E-state index is 12.5. The van der Waals surface area contributed by atoms with Gasteiger partial charge in [0.15, 0.2) is 0 Å². The van der Waals surface area contributed by atoms with Gasteiger partial charge in [-0.25, -0.2) is 0 Å². The molecule has 0 saturated heterocycles. The molecule has 0 spiro atoms. The van der Waals surface area contributed by atoms with Gasteiger partial charge in [0, 0.05) is 12.4 Å². The van der Waals surface area contributed by atoms with Crippen molar-refractivity contribution in [3.8, 4) is 0 Å². The van der Waals surface area contributed by atoms with Crippen molar-refractivity contribution in [2.24, 2.45) is 0 Å². The van der Waals surface area contributed by atoms with Gasteiger partial charge in [-0.1, -0.05) is 18.9 Å². The SMILES string of the molecule is C[C@@H](NC(=O)C1(c2cccnc2)CCCC1)C(=O)[O-].[K+]. The van der Waals surface area contributed by atoms with Crippen LogP contribution < -0.4 is 61.8 Å². The van der Waals surface area contributed by atoms with E-state index in [1.807, 2.05) is 6.07 Å². The number of hydrogen-bond donors (Lipinski definition) is 1. The Morgan fingerprint density at radius 3 is 2.55 bits per heavy atom. The molecule has 1 aliphatic carbocycles. The predicted octanol–water partition coefficient (Wildman–Crippen LogP) is -2.85. The van der Waals surface area contributed by atoms with Gasteiger partial charge in [0.25, 0.3) is 0 Å². The van der Waals surface area contributed by atoms with Crippen LogP contribution in [0.2, 0.25) is 0 Å². The van der Waals surface area contributed by atoms with Crippen LogP contribution in [0.3, 0.4) is 0 Å². The summed E-state index contributed by atoms with van der Waals surface area (Å²) in [5.74, 6) is -1.51. The Morgan fingerprint density at radius 2 is 2.05 bits per heavy atom. The van der Waals surface area contributed by atoms with E-state index in [4.69, 9.17) is 0 Å². The van der Waals surface area contributed by atoms with Gasteiger partial charge in [-0.3, -0.25) is 9.78 Å². The monoisotopic (exact) mass is 300 g/mol. The molecular formula is C14H17KN2O3. The van der Waals surface area contributed by atoms with Gasteiger partial charge in [0.2, 0.25) is 5.91 Å². The first-order chi connectivity index (χ1) is 9.06. The maximum atomic E-state index is 12.5. The van der Waals surface area contributed by atoms with Crippen molar-refractivity contribution in [1.29, 1.82) is 0 Å². The molecule has 1 aliphatic rings. The fourth-order valence-electron chi connectivity index (χ4n) is 2.66. The Morgan fingerprint density at radius 1 is 1.40 bits per heavy atom. The van der Waals surface area contributed by atoms with Gasteiger partial charge in [-0.05, 0) is 31.4 Å². The minimum Gasteiger partial charge on any atom is -0.548 e. The van der Waals surface area contributed by atoms with Gasteiger partial charge in [-0.2, -0.15) is 0 Å². The summed E-state index contributed by atoms with van der Waals surface area (Å²) in [6, 6.07) is 2.69. The summed E-state index contributed by atoms with van der Waals surface area (Å²) in [6.07, 6.45) is 6.72. The summed E-state index contributed by atoms with van der Waals surface area (Å²) in [6.45, 7) is 1.42. The number of carboxylic acids is 1. The molecule has 1 fully saturated rings. The van der Waals surface area contributed by atoms with E-state index in [2.05, 4.69) is 10.3 Å². The van der Waals surface area contributed by atoms with Crippen molar-refractivity contribution >= 4 is 11.9 Å². The van der Waals surface area contributed by atoms with Crippen LogP contribution in [0.4, 0.5) is 0 Å². The van der Waals surface area contributed by atoms with Crippen LogP contribution in [-0.4, -0.2) is 22.9 Å². The molecule has 0 aliphatic heterocycles. The number of hydrogen-bond acceptors (Lipinski definition) is 4. The fourth-order valence-corrected chi connectivity index (χ4v) is 2.66. The molecule has 1 saturated carbocycles. The predicted molar refractivity (Wildman–Crippen MR) is 67.0 cm³/mol. The minimum absolute atomic E-state index is 0. The number of carboxylic acid groups (broad SMARTS) is 1. The fraction of sp³-hybridized carbons (Fsp3) is 0.500. The number of nitrogens with zero attached hydrogens (tertiary/aromatic N) is 1. The van der Waals surface area contributed by atoms with E-state index >= 15 is 0 Å². The average molecular weight is 300 g/mol. The maximum Gasteiger partial charge on any atom is 1.00 e. The molecule has 5 nitrogen and oxygen atoms in total. The molecule has 102 valence electrons. The van der Waals surface area contributed by atoms with Crippen molar-refractivity contribution in [3.63, 3.8) is 0 Å². The molecule has 1 heterocycles. The zero-order valence-corrected chi connectivity index (χ0v) is 15.0. The quantitative estimate of drug-likeness (QED) is 0.607. The number of carbonyl (C=O) groups excluding carboxylic acids is 2. The van der Waals surface area contributed by atoms with Crippen molar-refractivity contribution in [3.05, 3.63) is 30.1 Å². The number of pyridine rings is 1. The molecule has 1 amide bonds. The largest absolute Gasteiger partial charge is 1.00 e. The first-order valence-electron chi connectivity index (χ1n) is 6.48. The van der Waals surface area contributed by atoms with Crippen LogP contribution in [-0.2, 0) is 15.0 Å². The van der Waals surface area contributed by atoms with Crippen LogP contribution in [0, 0.1) is 0 Å². The normalized spacial score (nSPS) is 17.9. The molecule has 1 atom stereocenters. The molecular weight excluding hydrogens is 283 g/mol. The van der Waals surface area contributed by atoms with Gasteiger partial charge in [0.05, 0.1) is 17.4 Å². The Hall–Kier alpha value is -0.274. The number of amides is 1.